The number of esters is 1. The largest absolute Gasteiger partial charge is 0.481 e. The van der Waals surface area contributed by atoms with Crippen molar-refractivity contribution in [1.82, 2.24) is 4.98 Å². The Kier molecular flexibility index (Phi) is 7.65. The molecule has 0 radical (unpaired) electrons. The van der Waals surface area contributed by atoms with E-state index in [0.717, 1.165) is 32.1 Å². The van der Waals surface area contributed by atoms with Crippen LogP contribution in [0.25, 0.3) is 0 Å². The van der Waals surface area contributed by atoms with Gasteiger partial charge in [-0.3, -0.25) is 4.79 Å². The number of rotatable bonds is 10. The third-order valence-electron chi connectivity index (χ3n) is 4.70. The molecule has 1 aliphatic rings. The van der Waals surface area contributed by atoms with Gasteiger partial charge in [-0.05, 0) is 25.3 Å². The molecular weight excluding hydrogens is 322 g/mol. The normalized spacial score (nSPS) is 17.2. The van der Waals surface area contributed by atoms with E-state index in [2.05, 4.69) is 11.9 Å². The third-order valence-corrected chi connectivity index (χ3v) is 4.70. The van der Waals surface area contributed by atoms with Crippen molar-refractivity contribution >= 4 is 5.97 Å². The first-order chi connectivity index (χ1) is 12.1. The average molecular weight is 351 g/mol. The highest BCUT2D eigenvalue weighted by Gasteiger charge is 2.33. The molecule has 0 spiro atoms. The van der Waals surface area contributed by atoms with Gasteiger partial charge in [-0.15, -0.1) is 0 Å². The van der Waals surface area contributed by atoms with E-state index in [-0.39, 0.29) is 11.9 Å². The molecule has 6 heteroatoms. The monoisotopic (exact) mass is 351 g/mol. The van der Waals surface area contributed by atoms with Crippen LogP contribution in [0.4, 0.5) is 0 Å². The molecule has 1 aliphatic heterocycles. The molecule has 0 bridgehead atoms. The Hall–Kier alpha value is -1.66. The van der Waals surface area contributed by atoms with Crippen LogP contribution >= 0.6 is 0 Å². The van der Waals surface area contributed by atoms with Crippen LogP contribution in [0.3, 0.4) is 0 Å². The highest BCUT2D eigenvalue weighted by Crippen LogP contribution is 2.30. The molecule has 2 heterocycles. The van der Waals surface area contributed by atoms with Crippen LogP contribution in [0.1, 0.15) is 57.1 Å². The van der Waals surface area contributed by atoms with E-state index in [1.165, 1.54) is 7.11 Å². The number of aromatic nitrogens is 1. The summed E-state index contributed by atoms with van der Waals surface area (Å²) in [6, 6.07) is 5.46. The molecule has 0 saturated carbocycles. The molecule has 1 fully saturated rings. The van der Waals surface area contributed by atoms with E-state index < -0.39 is 5.79 Å². The molecule has 140 valence electrons. The summed E-state index contributed by atoms with van der Waals surface area (Å²) in [7, 11) is 2.98. The predicted octanol–water partition coefficient (Wildman–Crippen LogP) is 3.45. The number of ether oxygens (including phenoxy) is 4. The molecule has 1 unspecified atom stereocenters. The second-order valence-electron chi connectivity index (χ2n) is 6.24. The van der Waals surface area contributed by atoms with Crippen molar-refractivity contribution in [1.29, 1.82) is 0 Å². The van der Waals surface area contributed by atoms with Crippen LogP contribution in [0, 0.1) is 0 Å². The van der Waals surface area contributed by atoms with Gasteiger partial charge in [-0.2, -0.15) is 0 Å². The number of methoxy groups -OCH3 is 2. The van der Waals surface area contributed by atoms with Gasteiger partial charge in [-0.25, -0.2) is 4.98 Å². The minimum Gasteiger partial charge on any atom is -0.481 e. The van der Waals surface area contributed by atoms with Gasteiger partial charge >= 0.3 is 5.97 Å². The van der Waals surface area contributed by atoms with Crippen molar-refractivity contribution < 1.29 is 23.7 Å². The number of hydrogen-bond donors (Lipinski definition) is 0. The second kappa shape index (κ2) is 9.73. The topological polar surface area (TPSA) is 66.9 Å². The fraction of sp³-hybridized carbons (Fsp3) is 0.684. The minimum absolute atomic E-state index is 0.256. The van der Waals surface area contributed by atoms with Gasteiger partial charge in [-0.1, -0.05) is 25.8 Å². The zero-order valence-electron chi connectivity index (χ0n) is 15.5. The molecule has 1 saturated heterocycles. The summed E-state index contributed by atoms with van der Waals surface area (Å²) >= 11 is 0. The number of pyridine rings is 1. The average Bonchev–Trinajstić information content (AvgIpc) is 3.13. The van der Waals surface area contributed by atoms with E-state index in [1.54, 1.807) is 13.2 Å². The lowest BCUT2D eigenvalue weighted by molar-refractivity contribution is -0.164. The van der Waals surface area contributed by atoms with E-state index in [0.29, 0.717) is 31.2 Å². The standard InChI is InChI=1S/C19H29NO5/c1-4-19(24-13-14-25-19)12-7-5-6-9-15(18(21)23-3)16-10-8-11-17(20-16)22-2/h8,10-11,15H,4-7,9,12-14H2,1-3H3. The van der Waals surface area contributed by atoms with Gasteiger partial charge in [0.2, 0.25) is 5.88 Å². The SMILES string of the molecule is CCC1(CCCCCC(C(=O)OC)c2cccc(OC)n2)OCCO1. The van der Waals surface area contributed by atoms with Gasteiger partial charge in [0.1, 0.15) is 0 Å². The molecule has 0 aromatic carbocycles. The molecule has 0 aliphatic carbocycles. The van der Waals surface area contributed by atoms with Gasteiger partial charge in [0.25, 0.3) is 0 Å². The van der Waals surface area contributed by atoms with E-state index in [1.807, 2.05) is 12.1 Å². The van der Waals surface area contributed by atoms with E-state index in [9.17, 15) is 4.79 Å². The maximum absolute atomic E-state index is 12.1. The van der Waals surface area contributed by atoms with Crippen molar-refractivity contribution in [3.8, 4) is 5.88 Å². The molecule has 1 aromatic rings. The lowest BCUT2D eigenvalue weighted by Gasteiger charge is -2.25. The summed E-state index contributed by atoms with van der Waals surface area (Å²) in [6.45, 7) is 3.45. The third kappa shape index (κ3) is 5.41. The fourth-order valence-corrected chi connectivity index (χ4v) is 3.21. The highest BCUT2D eigenvalue weighted by molar-refractivity contribution is 5.77. The van der Waals surface area contributed by atoms with Crippen LogP contribution in [-0.2, 0) is 19.0 Å². The van der Waals surface area contributed by atoms with Gasteiger partial charge in [0.15, 0.2) is 5.79 Å². The fourth-order valence-electron chi connectivity index (χ4n) is 3.21. The lowest BCUT2D eigenvalue weighted by Crippen LogP contribution is -2.28. The van der Waals surface area contributed by atoms with E-state index >= 15 is 0 Å². The summed E-state index contributed by atoms with van der Waals surface area (Å²) in [5.74, 6) is -0.505. The summed E-state index contributed by atoms with van der Waals surface area (Å²) in [6.07, 6.45) is 5.39. The first-order valence-corrected chi connectivity index (χ1v) is 9.01. The maximum Gasteiger partial charge on any atom is 0.314 e. The van der Waals surface area contributed by atoms with Crippen LogP contribution in [-0.4, -0.2) is 44.2 Å². The van der Waals surface area contributed by atoms with Crippen molar-refractivity contribution in [2.24, 2.45) is 0 Å². The van der Waals surface area contributed by atoms with Crippen molar-refractivity contribution in [3.05, 3.63) is 23.9 Å². The molecule has 0 amide bonds. The molecule has 1 aromatic heterocycles. The Balaban J connectivity index is 1.85. The Labute approximate surface area is 149 Å². The molecule has 2 rings (SSSR count). The number of carbonyl (C=O) groups excluding carboxylic acids is 1. The van der Waals surface area contributed by atoms with Crippen LogP contribution in [0.2, 0.25) is 0 Å². The first kappa shape index (κ1) is 19.7. The van der Waals surface area contributed by atoms with Crippen LogP contribution in [0.15, 0.2) is 18.2 Å². The summed E-state index contributed by atoms with van der Waals surface area (Å²) in [5, 5.41) is 0. The predicted molar refractivity (Wildman–Crippen MR) is 93.6 cm³/mol. The Bertz CT molecular complexity index is 542. The molecule has 25 heavy (non-hydrogen) atoms. The maximum atomic E-state index is 12.1. The number of unbranched alkanes of at least 4 members (excludes halogenated alkanes) is 2. The smallest absolute Gasteiger partial charge is 0.314 e. The number of carbonyl (C=O) groups is 1. The summed E-state index contributed by atoms with van der Waals surface area (Å²) < 4.78 is 21.6. The van der Waals surface area contributed by atoms with Crippen molar-refractivity contribution in [2.75, 3.05) is 27.4 Å². The zero-order valence-corrected chi connectivity index (χ0v) is 15.5. The minimum atomic E-state index is -0.393. The molecule has 0 N–H and O–H groups in total. The Morgan fingerprint density at radius 1 is 1.24 bits per heavy atom. The number of nitrogens with zero attached hydrogens (tertiary/aromatic N) is 1. The van der Waals surface area contributed by atoms with Gasteiger partial charge in [0.05, 0.1) is 39.0 Å². The summed E-state index contributed by atoms with van der Waals surface area (Å²) in [5.41, 5.74) is 0.693. The zero-order chi connectivity index (χ0) is 18.1. The number of hydrogen-bond acceptors (Lipinski definition) is 6. The first-order valence-electron chi connectivity index (χ1n) is 9.01. The van der Waals surface area contributed by atoms with Crippen LogP contribution < -0.4 is 4.74 Å². The van der Waals surface area contributed by atoms with Gasteiger partial charge < -0.3 is 18.9 Å². The van der Waals surface area contributed by atoms with Gasteiger partial charge in [0, 0.05) is 12.5 Å². The molecular formula is C19H29NO5. The van der Waals surface area contributed by atoms with E-state index in [4.69, 9.17) is 18.9 Å². The molecule has 6 nitrogen and oxygen atoms in total. The quantitative estimate of drug-likeness (QED) is 0.475. The highest BCUT2D eigenvalue weighted by atomic mass is 16.7. The lowest BCUT2D eigenvalue weighted by atomic mass is 9.96. The Morgan fingerprint density at radius 2 is 2.00 bits per heavy atom. The van der Waals surface area contributed by atoms with Crippen molar-refractivity contribution in [3.63, 3.8) is 0 Å². The van der Waals surface area contributed by atoms with Crippen LogP contribution in [0.5, 0.6) is 5.88 Å². The van der Waals surface area contributed by atoms with Crippen molar-refractivity contribution in [2.45, 2.75) is 57.2 Å². The Morgan fingerprint density at radius 3 is 2.64 bits per heavy atom. The second-order valence-corrected chi connectivity index (χ2v) is 6.24. The molecule has 1 atom stereocenters. The summed E-state index contributed by atoms with van der Waals surface area (Å²) in [4.78, 5) is 16.5.